The SMILES string of the molecule is CNS(=O)(=O)c1ccc(Br)c(C(=O)Nc2ccc(F)c(C)c2)c1. The molecule has 8 heteroatoms. The van der Waals surface area contributed by atoms with Crippen LogP contribution < -0.4 is 10.0 Å². The monoisotopic (exact) mass is 400 g/mol. The summed E-state index contributed by atoms with van der Waals surface area (Å²) in [5.74, 6) is -0.873. The van der Waals surface area contributed by atoms with E-state index in [0.717, 1.165) is 0 Å². The van der Waals surface area contributed by atoms with Crippen molar-refractivity contribution in [2.24, 2.45) is 0 Å². The first kappa shape index (κ1) is 17.6. The molecule has 0 saturated heterocycles. The number of halogens is 2. The molecule has 0 heterocycles. The molecule has 0 radical (unpaired) electrons. The van der Waals surface area contributed by atoms with Crippen LogP contribution in [0.15, 0.2) is 45.8 Å². The van der Waals surface area contributed by atoms with Gasteiger partial charge in [0.25, 0.3) is 5.91 Å². The number of carbonyl (C=O) groups excluding carboxylic acids is 1. The highest BCUT2D eigenvalue weighted by Gasteiger charge is 2.17. The fourth-order valence-electron chi connectivity index (χ4n) is 1.88. The molecule has 2 aromatic rings. The van der Waals surface area contributed by atoms with E-state index in [1.807, 2.05) is 0 Å². The Morgan fingerprint density at radius 3 is 2.48 bits per heavy atom. The molecule has 2 rings (SSSR count). The van der Waals surface area contributed by atoms with Crippen LogP contribution in [0.3, 0.4) is 0 Å². The normalized spacial score (nSPS) is 11.3. The third-order valence-corrected chi connectivity index (χ3v) is 5.28. The van der Waals surface area contributed by atoms with Gasteiger partial charge >= 0.3 is 0 Å². The zero-order chi connectivity index (χ0) is 17.2. The topological polar surface area (TPSA) is 75.3 Å². The molecular weight excluding hydrogens is 387 g/mol. The van der Waals surface area contributed by atoms with Gasteiger partial charge in [0.1, 0.15) is 5.82 Å². The first-order valence-electron chi connectivity index (χ1n) is 6.55. The predicted octanol–water partition coefficient (Wildman–Crippen LogP) is 3.06. The molecule has 0 unspecified atom stereocenters. The van der Waals surface area contributed by atoms with Crippen LogP contribution in [-0.4, -0.2) is 21.4 Å². The number of hydrogen-bond donors (Lipinski definition) is 2. The number of rotatable bonds is 4. The van der Waals surface area contributed by atoms with Crippen LogP contribution >= 0.6 is 15.9 Å². The van der Waals surface area contributed by atoms with E-state index in [9.17, 15) is 17.6 Å². The largest absolute Gasteiger partial charge is 0.322 e. The molecule has 0 fully saturated rings. The number of sulfonamides is 1. The number of anilines is 1. The Morgan fingerprint density at radius 1 is 1.17 bits per heavy atom. The fraction of sp³-hybridized carbons (Fsp3) is 0.133. The summed E-state index contributed by atoms with van der Waals surface area (Å²) < 4.78 is 39.5. The highest BCUT2D eigenvalue weighted by Crippen LogP contribution is 2.23. The Labute approximate surface area is 142 Å². The molecule has 0 atom stereocenters. The molecule has 23 heavy (non-hydrogen) atoms. The van der Waals surface area contributed by atoms with E-state index in [4.69, 9.17) is 0 Å². The third kappa shape index (κ3) is 3.95. The molecule has 1 amide bonds. The van der Waals surface area contributed by atoms with Crippen LogP contribution in [0.1, 0.15) is 15.9 Å². The van der Waals surface area contributed by atoms with Gasteiger partial charge in [0.2, 0.25) is 10.0 Å². The third-order valence-electron chi connectivity index (χ3n) is 3.18. The Bertz CT molecular complexity index is 869. The van der Waals surface area contributed by atoms with Gasteiger partial charge in [0.05, 0.1) is 10.5 Å². The summed E-state index contributed by atoms with van der Waals surface area (Å²) in [6.45, 7) is 1.58. The van der Waals surface area contributed by atoms with Crippen molar-refractivity contribution < 1.29 is 17.6 Å². The van der Waals surface area contributed by atoms with Crippen molar-refractivity contribution in [1.29, 1.82) is 0 Å². The Balaban J connectivity index is 2.35. The summed E-state index contributed by atoms with van der Waals surface area (Å²) >= 11 is 3.22. The molecule has 2 N–H and O–H groups in total. The maximum Gasteiger partial charge on any atom is 0.256 e. The van der Waals surface area contributed by atoms with Crippen LogP contribution in [0, 0.1) is 12.7 Å². The summed E-state index contributed by atoms with van der Waals surface area (Å²) in [6, 6.07) is 8.31. The molecule has 0 spiro atoms. The standard InChI is InChI=1S/C15H14BrFN2O3S/c1-9-7-10(3-6-14(9)17)19-15(20)12-8-11(4-5-13(12)16)23(21,22)18-2/h3-8,18H,1-2H3,(H,19,20). The average molecular weight is 401 g/mol. The highest BCUT2D eigenvalue weighted by molar-refractivity contribution is 9.10. The van der Waals surface area contributed by atoms with Gasteiger partial charge < -0.3 is 5.32 Å². The second-order valence-electron chi connectivity index (χ2n) is 4.77. The summed E-state index contributed by atoms with van der Waals surface area (Å²) in [6.07, 6.45) is 0. The molecule has 0 saturated carbocycles. The number of carbonyl (C=O) groups is 1. The van der Waals surface area contributed by atoms with Gasteiger partial charge in [0.15, 0.2) is 0 Å². The van der Waals surface area contributed by atoms with Gasteiger partial charge in [-0.2, -0.15) is 0 Å². The minimum absolute atomic E-state index is 0.0244. The Hall–Kier alpha value is -1.77. The number of hydrogen-bond acceptors (Lipinski definition) is 3. The Kier molecular flexibility index (Phi) is 5.18. The number of benzene rings is 2. The number of aryl methyl sites for hydroxylation is 1. The van der Waals surface area contributed by atoms with E-state index in [2.05, 4.69) is 26.0 Å². The predicted molar refractivity (Wildman–Crippen MR) is 89.5 cm³/mol. The fourth-order valence-corrected chi connectivity index (χ4v) is 3.07. The molecule has 0 aromatic heterocycles. The van der Waals surface area contributed by atoms with Crippen LogP contribution in [0.2, 0.25) is 0 Å². The Morgan fingerprint density at radius 2 is 1.87 bits per heavy atom. The first-order valence-corrected chi connectivity index (χ1v) is 8.83. The molecule has 0 aliphatic rings. The van der Waals surface area contributed by atoms with Gasteiger partial charge in [-0.15, -0.1) is 0 Å². The van der Waals surface area contributed by atoms with E-state index in [1.165, 1.54) is 43.4 Å². The first-order chi connectivity index (χ1) is 10.7. The quantitative estimate of drug-likeness (QED) is 0.827. The van der Waals surface area contributed by atoms with E-state index in [1.54, 1.807) is 6.92 Å². The van der Waals surface area contributed by atoms with Crippen molar-refractivity contribution in [3.05, 3.63) is 57.8 Å². The van der Waals surface area contributed by atoms with Gasteiger partial charge in [0, 0.05) is 10.2 Å². The van der Waals surface area contributed by atoms with E-state index in [0.29, 0.717) is 15.7 Å². The maximum atomic E-state index is 13.3. The smallest absolute Gasteiger partial charge is 0.256 e. The second-order valence-corrected chi connectivity index (χ2v) is 7.51. The van der Waals surface area contributed by atoms with Gasteiger partial charge in [-0.1, -0.05) is 0 Å². The lowest BCUT2D eigenvalue weighted by atomic mass is 10.2. The molecule has 0 aliphatic carbocycles. The molecule has 122 valence electrons. The lowest BCUT2D eigenvalue weighted by molar-refractivity contribution is 0.102. The van der Waals surface area contributed by atoms with Crippen molar-refractivity contribution in [2.75, 3.05) is 12.4 Å². The summed E-state index contributed by atoms with van der Waals surface area (Å²) in [7, 11) is -2.37. The zero-order valence-corrected chi connectivity index (χ0v) is 14.8. The second kappa shape index (κ2) is 6.77. The van der Waals surface area contributed by atoms with Gasteiger partial charge in [-0.25, -0.2) is 17.5 Å². The van der Waals surface area contributed by atoms with Crippen LogP contribution in [0.5, 0.6) is 0 Å². The van der Waals surface area contributed by atoms with Crippen LogP contribution in [0.25, 0.3) is 0 Å². The van der Waals surface area contributed by atoms with Gasteiger partial charge in [-0.3, -0.25) is 4.79 Å². The molecule has 5 nitrogen and oxygen atoms in total. The minimum Gasteiger partial charge on any atom is -0.322 e. The van der Waals surface area contributed by atoms with Crippen molar-refractivity contribution in [3.8, 4) is 0 Å². The average Bonchev–Trinajstić information content (AvgIpc) is 2.51. The molecule has 0 bridgehead atoms. The van der Waals surface area contributed by atoms with Crippen molar-refractivity contribution in [2.45, 2.75) is 11.8 Å². The van der Waals surface area contributed by atoms with Crippen molar-refractivity contribution in [3.63, 3.8) is 0 Å². The molecule has 2 aromatic carbocycles. The minimum atomic E-state index is -3.66. The lowest BCUT2D eigenvalue weighted by Crippen LogP contribution is -2.20. The lowest BCUT2D eigenvalue weighted by Gasteiger charge is -2.10. The maximum absolute atomic E-state index is 13.3. The zero-order valence-electron chi connectivity index (χ0n) is 12.4. The number of nitrogens with one attached hydrogen (secondary N) is 2. The van der Waals surface area contributed by atoms with Crippen LogP contribution in [-0.2, 0) is 10.0 Å². The van der Waals surface area contributed by atoms with Crippen molar-refractivity contribution >= 4 is 37.5 Å². The highest BCUT2D eigenvalue weighted by atomic mass is 79.9. The molecular formula is C15H14BrFN2O3S. The van der Waals surface area contributed by atoms with Crippen molar-refractivity contribution in [1.82, 2.24) is 4.72 Å². The summed E-state index contributed by atoms with van der Waals surface area (Å²) in [4.78, 5) is 12.3. The summed E-state index contributed by atoms with van der Waals surface area (Å²) in [5, 5.41) is 2.61. The number of amides is 1. The van der Waals surface area contributed by atoms with E-state index >= 15 is 0 Å². The molecule has 0 aliphatic heterocycles. The van der Waals surface area contributed by atoms with E-state index < -0.39 is 15.9 Å². The van der Waals surface area contributed by atoms with E-state index in [-0.39, 0.29) is 16.3 Å². The van der Waals surface area contributed by atoms with Crippen LogP contribution in [0.4, 0.5) is 10.1 Å². The van der Waals surface area contributed by atoms with Gasteiger partial charge in [-0.05, 0) is 71.9 Å². The summed E-state index contributed by atoms with van der Waals surface area (Å²) in [5.41, 5.74) is 0.972.